The van der Waals surface area contributed by atoms with Gasteiger partial charge in [-0.2, -0.15) is 0 Å². The maximum atomic E-state index is 11.3. The normalized spacial score (nSPS) is 10.1. The summed E-state index contributed by atoms with van der Waals surface area (Å²) in [6.45, 7) is 4.66. The van der Waals surface area contributed by atoms with E-state index in [1.807, 2.05) is 0 Å². The number of aromatic nitrogens is 2. The molecule has 5 heteroatoms. The van der Waals surface area contributed by atoms with E-state index in [1.165, 1.54) is 0 Å². The Morgan fingerprint density at radius 2 is 2.23 bits per heavy atom. The number of rotatable bonds is 3. The van der Waals surface area contributed by atoms with Gasteiger partial charge in [0.2, 0.25) is 5.95 Å². The molecule has 0 spiro atoms. The van der Waals surface area contributed by atoms with Gasteiger partial charge in [0.25, 0.3) is 5.56 Å². The predicted molar refractivity (Wildman–Crippen MR) is 51.9 cm³/mol. The first-order valence-electron chi connectivity index (χ1n) is 4.16. The molecule has 72 valence electrons. The van der Waals surface area contributed by atoms with Crippen molar-refractivity contribution in [2.75, 3.05) is 18.4 Å². The van der Waals surface area contributed by atoms with Crippen LogP contribution in [-0.4, -0.2) is 23.1 Å². The van der Waals surface area contributed by atoms with Crippen molar-refractivity contribution in [3.05, 3.63) is 21.6 Å². The fraction of sp³-hybridized carbons (Fsp3) is 0.500. The molecule has 0 bridgehead atoms. The van der Waals surface area contributed by atoms with Crippen LogP contribution in [0.1, 0.15) is 11.3 Å². The Labute approximate surface area is 76.4 Å². The highest BCUT2D eigenvalue weighted by atomic mass is 16.1. The first-order chi connectivity index (χ1) is 6.15. The molecule has 0 atom stereocenters. The summed E-state index contributed by atoms with van der Waals surface area (Å²) in [5, 5.41) is 2.91. The van der Waals surface area contributed by atoms with Gasteiger partial charge in [-0.3, -0.25) is 9.78 Å². The van der Waals surface area contributed by atoms with Gasteiger partial charge in [0.15, 0.2) is 0 Å². The number of nitrogens with zero attached hydrogens (tertiary/aromatic N) is 1. The zero-order valence-corrected chi connectivity index (χ0v) is 7.85. The van der Waals surface area contributed by atoms with Crippen LogP contribution in [0.2, 0.25) is 0 Å². The van der Waals surface area contributed by atoms with E-state index in [1.54, 1.807) is 13.8 Å². The summed E-state index contributed by atoms with van der Waals surface area (Å²) in [6, 6.07) is 0. The van der Waals surface area contributed by atoms with Crippen LogP contribution < -0.4 is 16.6 Å². The lowest BCUT2D eigenvalue weighted by atomic mass is 10.3. The van der Waals surface area contributed by atoms with Crippen LogP contribution >= 0.6 is 0 Å². The average molecular weight is 182 g/mol. The molecule has 1 aromatic heterocycles. The lowest BCUT2D eigenvalue weighted by Gasteiger charge is -2.05. The van der Waals surface area contributed by atoms with E-state index in [2.05, 4.69) is 15.3 Å². The zero-order valence-electron chi connectivity index (χ0n) is 7.85. The Kier molecular flexibility index (Phi) is 3.02. The molecule has 0 fully saturated rings. The van der Waals surface area contributed by atoms with Crippen LogP contribution in [0.4, 0.5) is 5.95 Å². The molecule has 0 aromatic carbocycles. The van der Waals surface area contributed by atoms with E-state index in [0.717, 1.165) is 5.69 Å². The molecule has 0 amide bonds. The van der Waals surface area contributed by atoms with E-state index in [-0.39, 0.29) is 5.56 Å². The zero-order chi connectivity index (χ0) is 9.84. The topological polar surface area (TPSA) is 83.8 Å². The maximum Gasteiger partial charge on any atom is 0.255 e. The van der Waals surface area contributed by atoms with Gasteiger partial charge in [-0.1, -0.05) is 0 Å². The van der Waals surface area contributed by atoms with E-state index in [4.69, 9.17) is 5.73 Å². The van der Waals surface area contributed by atoms with Crippen molar-refractivity contribution in [2.45, 2.75) is 13.8 Å². The van der Waals surface area contributed by atoms with Gasteiger partial charge in [0.1, 0.15) is 0 Å². The summed E-state index contributed by atoms with van der Waals surface area (Å²) in [6.07, 6.45) is 0. The molecule has 13 heavy (non-hydrogen) atoms. The first-order valence-corrected chi connectivity index (χ1v) is 4.16. The number of aromatic amines is 1. The number of hydrogen-bond donors (Lipinski definition) is 3. The number of nitrogens with one attached hydrogen (secondary N) is 2. The van der Waals surface area contributed by atoms with E-state index in [9.17, 15) is 4.79 Å². The largest absolute Gasteiger partial charge is 0.354 e. The van der Waals surface area contributed by atoms with Crippen LogP contribution in [0.15, 0.2) is 4.79 Å². The van der Waals surface area contributed by atoms with Crippen LogP contribution in [0, 0.1) is 13.8 Å². The average Bonchev–Trinajstić information content (AvgIpc) is 2.10. The second-order valence-electron chi connectivity index (χ2n) is 2.84. The molecular weight excluding hydrogens is 168 g/mol. The summed E-state index contributed by atoms with van der Waals surface area (Å²) < 4.78 is 0. The van der Waals surface area contributed by atoms with Crippen LogP contribution in [0.25, 0.3) is 0 Å². The number of nitrogens with two attached hydrogens (primary N) is 1. The molecule has 1 heterocycles. The van der Waals surface area contributed by atoms with Gasteiger partial charge >= 0.3 is 0 Å². The van der Waals surface area contributed by atoms with Gasteiger partial charge in [0.05, 0.1) is 0 Å². The van der Waals surface area contributed by atoms with Crippen molar-refractivity contribution in [3.63, 3.8) is 0 Å². The van der Waals surface area contributed by atoms with Crippen molar-refractivity contribution in [1.82, 2.24) is 9.97 Å². The quantitative estimate of drug-likeness (QED) is 0.602. The number of aryl methyl sites for hydroxylation is 1. The monoisotopic (exact) mass is 182 g/mol. The first kappa shape index (κ1) is 9.73. The number of anilines is 1. The summed E-state index contributed by atoms with van der Waals surface area (Å²) in [5.74, 6) is 0.485. The minimum Gasteiger partial charge on any atom is -0.354 e. The van der Waals surface area contributed by atoms with Crippen LogP contribution in [0.3, 0.4) is 0 Å². The summed E-state index contributed by atoms with van der Waals surface area (Å²) >= 11 is 0. The Morgan fingerprint density at radius 1 is 1.54 bits per heavy atom. The van der Waals surface area contributed by atoms with E-state index >= 15 is 0 Å². The fourth-order valence-corrected chi connectivity index (χ4v) is 0.919. The fourth-order valence-electron chi connectivity index (χ4n) is 0.919. The molecule has 1 aromatic rings. The van der Waals surface area contributed by atoms with Crippen molar-refractivity contribution in [1.29, 1.82) is 0 Å². The van der Waals surface area contributed by atoms with Gasteiger partial charge in [0, 0.05) is 24.3 Å². The summed E-state index contributed by atoms with van der Waals surface area (Å²) in [7, 11) is 0. The highest BCUT2D eigenvalue weighted by molar-refractivity contribution is 5.28. The third-order valence-electron chi connectivity index (χ3n) is 1.83. The van der Waals surface area contributed by atoms with Crippen molar-refractivity contribution < 1.29 is 0 Å². The second kappa shape index (κ2) is 4.04. The van der Waals surface area contributed by atoms with E-state index < -0.39 is 0 Å². The highest BCUT2D eigenvalue weighted by Gasteiger charge is 2.01. The summed E-state index contributed by atoms with van der Waals surface area (Å²) in [4.78, 5) is 18.0. The summed E-state index contributed by atoms with van der Waals surface area (Å²) in [5.41, 5.74) is 6.59. The molecular formula is C8H14N4O. The molecule has 0 unspecified atom stereocenters. The molecule has 0 saturated carbocycles. The molecule has 4 N–H and O–H groups in total. The van der Waals surface area contributed by atoms with Crippen molar-refractivity contribution in [2.24, 2.45) is 5.73 Å². The van der Waals surface area contributed by atoms with Crippen LogP contribution in [0.5, 0.6) is 0 Å². The van der Waals surface area contributed by atoms with Gasteiger partial charge in [-0.25, -0.2) is 4.98 Å². The minimum atomic E-state index is -0.105. The third-order valence-corrected chi connectivity index (χ3v) is 1.83. The predicted octanol–water partition coefficient (Wildman–Crippen LogP) is -0.243. The Hall–Kier alpha value is -1.36. The van der Waals surface area contributed by atoms with Gasteiger partial charge < -0.3 is 11.1 Å². The standard InChI is InChI=1S/C8H14N4O/c1-5-6(2)11-8(10-4-3-9)12-7(5)13/h3-4,9H2,1-2H3,(H2,10,11,12,13). The van der Waals surface area contributed by atoms with E-state index in [0.29, 0.717) is 24.6 Å². The second-order valence-corrected chi connectivity index (χ2v) is 2.84. The number of hydrogen-bond acceptors (Lipinski definition) is 4. The maximum absolute atomic E-state index is 11.3. The van der Waals surface area contributed by atoms with Gasteiger partial charge in [-0.15, -0.1) is 0 Å². The molecule has 0 aliphatic heterocycles. The van der Waals surface area contributed by atoms with Crippen LogP contribution in [-0.2, 0) is 0 Å². The molecule has 0 aliphatic carbocycles. The molecule has 1 rings (SSSR count). The van der Waals surface area contributed by atoms with Crippen molar-refractivity contribution >= 4 is 5.95 Å². The SMILES string of the molecule is Cc1nc(NCCN)[nH]c(=O)c1C. The minimum absolute atomic E-state index is 0.105. The smallest absolute Gasteiger partial charge is 0.255 e. The number of H-pyrrole nitrogens is 1. The molecule has 0 aliphatic rings. The van der Waals surface area contributed by atoms with Gasteiger partial charge in [-0.05, 0) is 13.8 Å². The lowest BCUT2D eigenvalue weighted by Crippen LogP contribution is -2.20. The Morgan fingerprint density at radius 3 is 2.77 bits per heavy atom. The third kappa shape index (κ3) is 2.29. The highest BCUT2D eigenvalue weighted by Crippen LogP contribution is 1.99. The lowest BCUT2D eigenvalue weighted by molar-refractivity contribution is 0.957. The molecule has 0 radical (unpaired) electrons. The van der Waals surface area contributed by atoms with Crippen molar-refractivity contribution in [3.8, 4) is 0 Å². The Bertz CT molecular complexity index is 344. The molecule has 0 saturated heterocycles. The molecule has 5 nitrogen and oxygen atoms in total. The Balaban J connectivity index is 2.93.